The van der Waals surface area contributed by atoms with Gasteiger partial charge in [0.05, 0.1) is 12.1 Å². The normalized spacial score (nSPS) is 11.6. The lowest BCUT2D eigenvalue weighted by Gasteiger charge is -2.17. The maximum atomic E-state index is 13.0. The number of esters is 1. The molecule has 2 aromatic heterocycles. The minimum Gasteiger partial charge on any atom is -0.449 e. The lowest BCUT2D eigenvalue weighted by atomic mass is 10.00. The molecule has 2 heterocycles. The van der Waals surface area contributed by atoms with E-state index in [1.165, 1.54) is 11.3 Å². The summed E-state index contributed by atoms with van der Waals surface area (Å²) in [6, 6.07) is 21.6. The fraction of sp³-hybridized carbons (Fsp3) is 0.0833. The molecule has 0 amide bonds. The molecule has 0 bridgehead atoms. The number of thiazole rings is 1. The maximum Gasteiger partial charge on any atom is 0.312 e. The Hall–Kier alpha value is -3.64. The van der Waals surface area contributed by atoms with Gasteiger partial charge in [-0.2, -0.15) is 0 Å². The Balaban J connectivity index is 1.51. The Morgan fingerprint density at radius 1 is 0.933 bits per heavy atom. The number of hydrogen-bond donors (Lipinski definition) is 0. The van der Waals surface area contributed by atoms with Crippen LogP contribution in [0.2, 0.25) is 0 Å². The van der Waals surface area contributed by atoms with Gasteiger partial charge in [-0.3, -0.25) is 14.6 Å². The summed E-state index contributed by atoms with van der Waals surface area (Å²) in [6.07, 6.45) is 2.41. The highest BCUT2D eigenvalue weighted by Gasteiger charge is 2.26. The third-order valence-electron chi connectivity index (χ3n) is 4.43. The molecule has 6 heteroatoms. The Morgan fingerprint density at radius 3 is 2.37 bits per heavy atom. The van der Waals surface area contributed by atoms with Gasteiger partial charge in [-0.1, -0.05) is 60.7 Å². The van der Waals surface area contributed by atoms with Crippen molar-refractivity contribution < 1.29 is 14.3 Å². The summed E-state index contributed by atoms with van der Waals surface area (Å²) >= 11 is 1.44. The quantitative estimate of drug-likeness (QED) is 0.317. The van der Waals surface area contributed by atoms with Gasteiger partial charge in [-0.15, -0.1) is 11.3 Å². The van der Waals surface area contributed by atoms with E-state index in [9.17, 15) is 9.59 Å². The van der Waals surface area contributed by atoms with Crippen LogP contribution in [0.5, 0.6) is 0 Å². The van der Waals surface area contributed by atoms with Crippen molar-refractivity contribution in [2.24, 2.45) is 0 Å². The molecule has 0 saturated carbocycles. The highest BCUT2D eigenvalue weighted by Crippen LogP contribution is 2.25. The number of pyridine rings is 1. The second kappa shape index (κ2) is 9.24. The molecule has 0 aliphatic carbocycles. The summed E-state index contributed by atoms with van der Waals surface area (Å²) in [5, 5.41) is 2.60. The predicted molar refractivity (Wildman–Crippen MR) is 115 cm³/mol. The topological polar surface area (TPSA) is 69.2 Å². The average molecular weight is 414 g/mol. The summed E-state index contributed by atoms with van der Waals surface area (Å²) in [6.45, 7) is 0. The number of rotatable bonds is 7. The summed E-state index contributed by atoms with van der Waals surface area (Å²) in [7, 11) is 0. The number of nitrogens with zero attached hydrogens (tertiary/aromatic N) is 2. The van der Waals surface area contributed by atoms with E-state index in [2.05, 4.69) is 9.97 Å². The highest BCUT2D eigenvalue weighted by atomic mass is 32.1. The van der Waals surface area contributed by atoms with Crippen LogP contribution >= 0.6 is 11.3 Å². The van der Waals surface area contributed by atoms with Gasteiger partial charge >= 0.3 is 5.97 Å². The van der Waals surface area contributed by atoms with Crippen molar-refractivity contribution >= 4 is 23.1 Å². The summed E-state index contributed by atoms with van der Waals surface area (Å²) in [5.74, 6) is -0.763. The van der Waals surface area contributed by atoms with Crippen LogP contribution in [0, 0.1) is 0 Å². The number of Topliss-reactive ketones (excluding diaryl/α,β-unsaturated/α-hetero) is 1. The van der Waals surface area contributed by atoms with Crippen molar-refractivity contribution in [2.75, 3.05) is 0 Å². The summed E-state index contributed by atoms with van der Waals surface area (Å²) in [4.78, 5) is 34.3. The van der Waals surface area contributed by atoms with Crippen LogP contribution in [0.25, 0.3) is 10.6 Å². The van der Waals surface area contributed by atoms with E-state index in [1.807, 2.05) is 41.8 Å². The van der Waals surface area contributed by atoms with Crippen LogP contribution < -0.4 is 0 Å². The molecular formula is C24H18N2O3S. The summed E-state index contributed by atoms with van der Waals surface area (Å²) < 4.78 is 5.64. The van der Waals surface area contributed by atoms with Gasteiger partial charge in [-0.05, 0) is 12.1 Å². The Bertz CT molecular complexity index is 1130. The van der Waals surface area contributed by atoms with Crippen molar-refractivity contribution in [1.29, 1.82) is 0 Å². The van der Waals surface area contributed by atoms with Crippen molar-refractivity contribution in [3.63, 3.8) is 0 Å². The van der Waals surface area contributed by atoms with E-state index >= 15 is 0 Å². The number of aromatic nitrogens is 2. The van der Waals surface area contributed by atoms with Crippen LogP contribution in [0.1, 0.15) is 27.7 Å². The van der Waals surface area contributed by atoms with Crippen LogP contribution in [-0.2, 0) is 16.0 Å². The van der Waals surface area contributed by atoms with Crippen LogP contribution in [0.3, 0.4) is 0 Å². The van der Waals surface area contributed by atoms with E-state index in [1.54, 1.807) is 48.8 Å². The molecule has 2 aromatic carbocycles. The number of benzene rings is 2. The second-order valence-electron chi connectivity index (χ2n) is 6.57. The van der Waals surface area contributed by atoms with E-state index < -0.39 is 12.1 Å². The van der Waals surface area contributed by atoms with E-state index in [-0.39, 0.29) is 12.2 Å². The first-order chi connectivity index (χ1) is 14.7. The lowest BCUT2D eigenvalue weighted by Crippen LogP contribution is -2.21. The second-order valence-corrected chi connectivity index (χ2v) is 7.43. The molecule has 0 saturated heterocycles. The van der Waals surface area contributed by atoms with Gasteiger partial charge in [0.2, 0.25) is 5.78 Å². The largest absolute Gasteiger partial charge is 0.449 e. The van der Waals surface area contributed by atoms with Gasteiger partial charge in [0.15, 0.2) is 6.10 Å². The smallest absolute Gasteiger partial charge is 0.312 e. The molecule has 148 valence electrons. The zero-order chi connectivity index (χ0) is 20.8. The number of carbonyl (C=O) groups excluding carboxylic acids is 2. The van der Waals surface area contributed by atoms with Crippen LogP contribution in [0.4, 0.5) is 0 Å². The lowest BCUT2D eigenvalue weighted by molar-refractivity contribution is -0.146. The van der Waals surface area contributed by atoms with E-state index in [4.69, 9.17) is 4.74 Å². The first kappa shape index (κ1) is 19.7. The molecule has 4 rings (SSSR count). The molecule has 0 aliphatic rings. The first-order valence-corrected chi connectivity index (χ1v) is 10.3. The number of hydrogen-bond acceptors (Lipinski definition) is 6. The SMILES string of the molecule is O=C(Cc1csc(-c2cccnc2)n1)O[C@@H](C(=O)c1ccccc1)c1ccccc1. The van der Waals surface area contributed by atoms with Gasteiger partial charge in [0, 0.05) is 34.5 Å². The molecule has 5 nitrogen and oxygen atoms in total. The van der Waals surface area contributed by atoms with Gasteiger partial charge < -0.3 is 4.74 Å². The zero-order valence-electron chi connectivity index (χ0n) is 16.0. The van der Waals surface area contributed by atoms with Gasteiger partial charge in [0.25, 0.3) is 0 Å². The standard InChI is InChI=1S/C24H18N2O3S/c27-21(14-20-16-30-24(26-20)19-12-7-13-25-15-19)29-23(18-10-5-2-6-11-18)22(28)17-8-3-1-4-9-17/h1-13,15-16,23H,14H2/t23-/m1/s1. The minimum atomic E-state index is -1.00. The third-order valence-corrected chi connectivity index (χ3v) is 5.37. The monoisotopic (exact) mass is 414 g/mol. The van der Waals surface area contributed by atoms with Crippen molar-refractivity contribution in [3.05, 3.63) is 107 Å². The molecule has 0 aliphatic heterocycles. The highest BCUT2D eigenvalue weighted by molar-refractivity contribution is 7.13. The molecule has 0 unspecified atom stereocenters. The maximum absolute atomic E-state index is 13.0. The van der Waals surface area contributed by atoms with Gasteiger partial charge in [-0.25, -0.2) is 4.98 Å². The minimum absolute atomic E-state index is 0.0117. The Labute approximate surface area is 178 Å². The fourth-order valence-corrected chi connectivity index (χ4v) is 3.80. The van der Waals surface area contributed by atoms with Crippen molar-refractivity contribution in [2.45, 2.75) is 12.5 Å². The fourth-order valence-electron chi connectivity index (χ4n) is 2.99. The van der Waals surface area contributed by atoms with Crippen LogP contribution in [-0.4, -0.2) is 21.7 Å². The molecule has 30 heavy (non-hydrogen) atoms. The Kier molecular flexibility index (Phi) is 6.06. The molecule has 4 aromatic rings. The zero-order valence-corrected chi connectivity index (χ0v) is 16.8. The van der Waals surface area contributed by atoms with Crippen LogP contribution in [0.15, 0.2) is 90.6 Å². The van der Waals surface area contributed by atoms with E-state index in [0.29, 0.717) is 16.8 Å². The number of carbonyl (C=O) groups is 2. The van der Waals surface area contributed by atoms with Crippen molar-refractivity contribution in [1.82, 2.24) is 9.97 Å². The number of ketones is 1. The molecule has 0 radical (unpaired) electrons. The van der Waals surface area contributed by atoms with Gasteiger partial charge in [0.1, 0.15) is 5.01 Å². The molecule has 0 spiro atoms. The molecule has 0 fully saturated rings. The molecular weight excluding hydrogens is 396 g/mol. The van der Waals surface area contributed by atoms with E-state index in [0.717, 1.165) is 10.6 Å². The third kappa shape index (κ3) is 4.67. The Morgan fingerprint density at radius 2 is 1.67 bits per heavy atom. The van der Waals surface area contributed by atoms with Crippen molar-refractivity contribution in [3.8, 4) is 10.6 Å². The molecule has 0 N–H and O–H groups in total. The predicted octanol–water partition coefficient (Wildman–Crippen LogP) is 4.92. The average Bonchev–Trinajstić information content (AvgIpc) is 3.27. The molecule has 1 atom stereocenters. The number of ether oxygens (including phenoxy) is 1. The first-order valence-electron chi connectivity index (χ1n) is 9.39. The summed E-state index contributed by atoms with van der Waals surface area (Å²) in [5.41, 5.74) is 2.62.